The van der Waals surface area contributed by atoms with Crippen LogP contribution in [0, 0.1) is 0 Å². The molecule has 1 heterocycles. The Bertz CT molecular complexity index is 525. The van der Waals surface area contributed by atoms with E-state index in [1.54, 1.807) is 17.5 Å². The van der Waals surface area contributed by atoms with Crippen LogP contribution in [-0.4, -0.2) is 4.98 Å². The van der Waals surface area contributed by atoms with Crippen molar-refractivity contribution in [3.05, 3.63) is 45.9 Å². The third-order valence-corrected chi connectivity index (χ3v) is 4.08. The summed E-state index contributed by atoms with van der Waals surface area (Å²) in [6, 6.07) is 6.43. The molecule has 2 aromatic rings. The van der Waals surface area contributed by atoms with Crippen LogP contribution in [0.2, 0.25) is 0 Å². The number of hydrogen-bond donors (Lipinski definition) is 1. The molecule has 1 atom stereocenters. The number of benzene rings is 1. The Kier molecular flexibility index (Phi) is 3.30. The lowest BCUT2D eigenvalue weighted by Crippen LogP contribution is -2.17. The van der Waals surface area contributed by atoms with Crippen molar-refractivity contribution in [1.29, 1.82) is 0 Å². The number of aromatic nitrogens is 1. The normalized spacial score (nSPS) is 18.4. The highest BCUT2D eigenvalue weighted by molar-refractivity contribution is 7.09. The summed E-state index contributed by atoms with van der Waals surface area (Å²) in [6.07, 6.45) is 5.19. The fourth-order valence-corrected chi connectivity index (χ4v) is 2.90. The highest BCUT2D eigenvalue weighted by Crippen LogP contribution is 2.31. The topological polar surface area (TPSA) is 48.1 Å². The minimum Gasteiger partial charge on any atom is -0.486 e. The number of nitrogens with two attached hydrogens (primary N) is 1. The Hall–Kier alpha value is -1.39. The van der Waals surface area contributed by atoms with E-state index in [1.165, 1.54) is 17.5 Å². The summed E-state index contributed by atoms with van der Waals surface area (Å²) >= 11 is 1.61. The van der Waals surface area contributed by atoms with Gasteiger partial charge in [-0.1, -0.05) is 6.07 Å². The van der Waals surface area contributed by atoms with E-state index in [-0.39, 0.29) is 6.04 Å². The van der Waals surface area contributed by atoms with E-state index in [4.69, 9.17) is 10.5 Å². The first kappa shape index (κ1) is 11.7. The Morgan fingerprint density at radius 2 is 2.39 bits per heavy atom. The number of rotatable bonds is 3. The zero-order chi connectivity index (χ0) is 12.4. The van der Waals surface area contributed by atoms with Crippen molar-refractivity contribution >= 4 is 11.3 Å². The lowest BCUT2D eigenvalue weighted by molar-refractivity contribution is 0.304. The molecule has 4 heteroatoms. The lowest BCUT2D eigenvalue weighted by Gasteiger charge is -2.22. The van der Waals surface area contributed by atoms with Crippen LogP contribution in [0.25, 0.3) is 0 Å². The van der Waals surface area contributed by atoms with Gasteiger partial charge in [-0.3, -0.25) is 0 Å². The average molecular weight is 260 g/mol. The van der Waals surface area contributed by atoms with Crippen LogP contribution in [0.3, 0.4) is 0 Å². The second kappa shape index (κ2) is 5.08. The highest BCUT2D eigenvalue weighted by Gasteiger charge is 2.17. The van der Waals surface area contributed by atoms with Gasteiger partial charge in [-0.05, 0) is 42.5 Å². The van der Waals surface area contributed by atoms with Crippen LogP contribution in [0.1, 0.15) is 35.0 Å². The van der Waals surface area contributed by atoms with Gasteiger partial charge in [-0.2, -0.15) is 0 Å². The van der Waals surface area contributed by atoms with Crippen LogP contribution in [0.15, 0.2) is 29.8 Å². The van der Waals surface area contributed by atoms with Crippen molar-refractivity contribution in [2.24, 2.45) is 5.73 Å². The van der Waals surface area contributed by atoms with Gasteiger partial charge in [-0.15, -0.1) is 11.3 Å². The van der Waals surface area contributed by atoms with Crippen molar-refractivity contribution in [1.82, 2.24) is 4.98 Å². The van der Waals surface area contributed by atoms with E-state index in [2.05, 4.69) is 17.1 Å². The van der Waals surface area contributed by atoms with Gasteiger partial charge >= 0.3 is 0 Å². The zero-order valence-corrected chi connectivity index (χ0v) is 11.0. The first-order valence-electron chi connectivity index (χ1n) is 6.22. The molecule has 0 spiro atoms. The predicted molar refractivity (Wildman–Crippen MR) is 72.8 cm³/mol. The largest absolute Gasteiger partial charge is 0.486 e. The maximum Gasteiger partial charge on any atom is 0.140 e. The summed E-state index contributed by atoms with van der Waals surface area (Å²) in [6.45, 7) is 0.533. The molecular weight excluding hydrogens is 244 g/mol. The Morgan fingerprint density at radius 1 is 1.44 bits per heavy atom. The van der Waals surface area contributed by atoms with E-state index in [1.807, 2.05) is 11.4 Å². The molecule has 1 aliphatic carbocycles. The molecule has 0 saturated heterocycles. The molecule has 1 unspecified atom stereocenters. The molecule has 3 nitrogen and oxygen atoms in total. The van der Waals surface area contributed by atoms with Crippen LogP contribution in [-0.2, 0) is 13.0 Å². The molecule has 0 saturated carbocycles. The van der Waals surface area contributed by atoms with Gasteiger partial charge in [0.15, 0.2) is 0 Å². The standard InChI is InChI=1S/C14H16N2OS/c15-13-3-1-2-10-4-5-11(8-12(10)13)17-9-14-16-6-7-18-14/h4-8,13H,1-3,9,15H2. The fourth-order valence-electron chi connectivity index (χ4n) is 2.37. The predicted octanol–water partition coefficient (Wildman–Crippen LogP) is 3.06. The quantitative estimate of drug-likeness (QED) is 0.922. The molecule has 1 aromatic carbocycles. The monoisotopic (exact) mass is 260 g/mol. The number of aryl methyl sites for hydroxylation is 1. The third-order valence-electron chi connectivity index (χ3n) is 3.32. The van der Waals surface area contributed by atoms with E-state index in [9.17, 15) is 0 Å². The SMILES string of the molecule is NC1CCCc2ccc(OCc3nccs3)cc21. The summed E-state index contributed by atoms with van der Waals surface area (Å²) in [5.74, 6) is 0.890. The molecule has 1 aliphatic rings. The lowest BCUT2D eigenvalue weighted by atomic mass is 9.88. The number of fused-ring (bicyclic) bond motifs is 1. The minimum atomic E-state index is 0.164. The maximum atomic E-state index is 6.14. The minimum absolute atomic E-state index is 0.164. The van der Waals surface area contributed by atoms with Crippen molar-refractivity contribution in [3.8, 4) is 5.75 Å². The van der Waals surface area contributed by atoms with E-state index in [0.717, 1.165) is 23.6 Å². The van der Waals surface area contributed by atoms with Gasteiger partial charge in [0.25, 0.3) is 0 Å². The molecular formula is C14H16N2OS. The second-order valence-electron chi connectivity index (χ2n) is 4.57. The van der Waals surface area contributed by atoms with Crippen LogP contribution < -0.4 is 10.5 Å². The van der Waals surface area contributed by atoms with E-state index >= 15 is 0 Å². The smallest absolute Gasteiger partial charge is 0.140 e. The van der Waals surface area contributed by atoms with Crippen LogP contribution >= 0.6 is 11.3 Å². The van der Waals surface area contributed by atoms with Crippen molar-refractivity contribution in [2.75, 3.05) is 0 Å². The van der Waals surface area contributed by atoms with Gasteiger partial charge in [0.05, 0.1) is 0 Å². The second-order valence-corrected chi connectivity index (χ2v) is 5.55. The molecule has 0 fully saturated rings. The Labute approximate surface area is 111 Å². The van der Waals surface area contributed by atoms with Gasteiger partial charge in [0.1, 0.15) is 17.4 Å². The summed E-state index contributed by atoms with van der Waals surface area (Å²) in [5, 5.41) is 2.96. The van der Waals surface area contributed by atoms with Crippen molar-refractivity contribution in [3.63, 3.8) is 0 Å². The number of nitrogens with zero attached hydrogens (tertiary/aromatic N) is 1. The zero-order valence-electron chi connectivity index (χ0n) is 10.1. The van der Waals surface area contributed by atoms with Crippen LogP contribution in [0.4, 0.5) is 0 Å². The maximum absolute atomic E-state index is 6.14. The third kappa shape index (κ3) is 2.40. The van der Waals surface area contributed by atoms with Gasteiger partial charge in [-0.25, -0.2) is 4.98 Å². The first-order valence-corrected chi connectivity index (χ1v) is 7.10. The molecule has 0 radical (unpaired) electrons. The summed E-state index contributed by atoms with van der Waals surface area (Å²) in [4.78, 5) is 4.20. The van der Waals surface area contributed by atoms with E-state index < -0.39 is 0 Å². The molecule has 3 rings (SSSR count). The molecule has 94 valence electrons. The molecule has 1 aromatic heterocycles. The highest BCUT2D eigenvalue weighted by atomic mass is 32.1. The van der Waals surface area contributed by atoms with Gasteiger partial charge in [0.2, 0.25) is 0 Å². The average Bonchev–Trinajstić information content (AvgIpc) is 2.90. The number of thiazole rings is 1. The summed E-state index contributed by atoms with van der Waals surface area (Å²) in [7, 11) is 0. The molecule has 0 amide bonds. The Balaban J connectivity index is 1.75. The van der Waals surface area contributed by atoms with Gasteiger partial charge < -0.3 is 10.5 Å². The van der Waals surface area contributed by atoms with Gasteiger partial charge in [0, 0.05) is 17.6 Å². The number of ether oxygens (including phenoxy) is 1. The Morgan fingerprint density at radius 3 is 3.22 bits per heavy atom. The molecule has 0 aliphatic heterocycles. The van der Waals surface area contributed by atoms with Crippen molar-refractivity contribution < 1.29 is 4.74 Å². The van der Waals surface area contributed by atoms with Crippen molar-refractivity contribution in [2.45, 2.75) is 31.9 Å². The molecule has 0 bridgehead atoms. The number of hydrogen-bond acceptors (Lipinski definition) is 4. The van der Waals surface area contributed by atoms with Crippen LogP contribution in [0.5, 0.6) is 5.75 Å². The fraction of sp³-hybridized carbons (Fsp3) is 0.357. The summed E-state index contributed by atoms with van der Waals surface area (Å²) in [5.41, 5.74) is 8.76. The summed E-state index contributed by atoms with van der Waals surface area (Å²) < 4.78 is 5.76. The van der Waals surface area contributed by atoms with E-state index in [0.29, 0.717) is 6.61 Å². The molecule has 18 heavy (non-hydrogen) atoms. The molecule has 2 N–H and O–H groups in total. The first-order chi connectivity index (χ1) is 8.83.